The van der Waals surface area contributed by atoms with Crippen molar-refractivity contribution < 1.29 is 0 Å². The molecule has 0 aromatic rings. The van der Waals surface area contributed by atoms with Gasteiger partial charge in [0.1, 0.15) is 0 Å². The van der Waals surface area contributed by atoms with Crippen LogP contribution in [0.3, 0.4) is 0 Å². The van der Waals surface area contributed by atoms with E-state index in [1.165, 1.54) is 24.0 Å². The Morgan fingerprint density at radius 1 is 1.40 bits per heavy atom. The maximum absolute atomic E-state index is 2.28. The lowest BCUT2D eigenvalue weighted by molar-refractivity contribution is 1.02. The summed E-state index contributed by atoms with van der Waals surface area (Å²) >= 11 is 0. The van der Waals surface area contributed by atoms with E-state index in [9.17, 15) is 0 Å². The molecule has 0 nitrogen and oxygen atoms in total. The highest BCUT2D eigenvalue weighted by Gasteiger charge is 1.91. The van der Waals surface area contributed by atoms with Crippen LogP contribution in [0.2, 0.25) is 0 Å². The van der Waals surface area contributed by atoms with Crippen LogP contribution in [-0.2, 0) is 0 Å². The van der Waals surface area contributed by atoms with Gasteiger partial charge in [-0.05, 0) is 37.3 Å². The van der Waals surface area contributed by atoms with E-state index in [0.29, 0.717) is 0 Å². The molecule has 0 bridgehead atoms. The molecular weight excluding hydrogens is 180 g/mol. The molecule has 0 unspecified atom stereocenters. The van der Waals surface area contributed by atoms with Gasteiger partial charge >= 0.3 is 0 Å². The van der Waals surface area contributed by atoms with Crippen molar-refractivity contribution in [2.75, 3.05) is 0 Å². The normalized spacial score (nSPS) is 17.7. The second-order valence-electron chi connectivity index (χ2n) is 3.64. The van der Waals surface area contributed by atoms with E-state index in [4.69, 9.17) is 0 Å². The molecule has 1 aliphatic rings. The van der Waals surface area contributed by atoms with E-state index >= 15 is 0 Å². The van der Waals surface area contributed by atoms with E-state index < -0.39 is 0 Å². The van der Waals surface area contributed by atoms with Crippen LogP contribution < -0.4 is 0 Å². The first-order valence-corrected chi connectivity index (χ1v) is 5.73. The van der Waals surface area contributed by atoms with Crippen LogP contribution in [0.4, 0.5) is 0 Å². The smallest absolute Gasteiger partial charge is 0.0300 e. The predicted molar refractivity (Wildman–Crippen MR) is 68.8 cm³/mol. The Labute approximate surface area is 93.4 Å². The number of hydrogen-bond donors (Lipinski definition) is 0. The van der Waals surface area contributed by atoms with Gasteiger partial charge in [0.05, 0.1) is 0 Å². The molecule has 0 aliphatic heterocycles. The van der Waals surface area contributed by atoms with Crippen molar-refractivity contribution in [1.82, 2.24) is 0 Å². The summed E-state index contributed by atoms with van der Waals surface area (Å²) < 4.78 is 0. The molecule has 1 rings (SSSR count). The van der Waals surface area contributed by atoms with Gasteiger partial charge in [0.2, 0.25) is 0 Å². The van der Waals surface area contributed by atoms with Crippen molar-refractivity contribution >= 4 is 0 Å². The maximum Gasteiger partial charge on any atom is -0.0300 e. The van der Waals surface area contributed by atoms with Gasteiger partial charge in [-0.25, -0.2) is 0 Å². The molecule has 0 aromatic heterocycles. The number of allylic oxidation sites excluding steroid dienone is 10. The van der Waals surface area contributed by atoms with Crippen LogP contribution in [0, 0.1) is 0 Å². The summed E-state index contributed by atoms with van der Waals surface area (Å²) in [5, 5.41) is 0. The molecule has 1 aliphatic carbocycles. The molecule has 0 radical (unpaired) electrons. The van der Waals surface area contributed by atoms with Gasteiger partial charge in [0.25, 0.3) is 0 Å². The van der Waals surface area contributed by atoms with Crippen molar-refractivity contribution in [3.63, 3.8) is 0 Å². The highest BCUT2D eigenvalue weighted by molar-refractivity contribution is 5.35. The lowest BCUT2D eigenvalue weighted by Crippen LogP contribution is -1.79. The van der Waals surface area contributed by atoms with Crippen molar-refractivity contribution in [3.05, 3.63) is 59.8 Å². The third-order valence-corrected chi connectivity index (χ3v) is 2.41. The van der Waals surface area contributed by atoms with Crippen molar-refractivity contribution in [2.24, 2.45) is 0 Å². The van der Waals surface area contributed by atoms with Crippen molar-refractivity contribution in [1.29, 1.82) is 0 Å². The van der Waals surface area contributed by atoms with Gasteiger partial charge in [-0.3, -0.25) is 0 Å². The van der Waals surface area contributed by atoms with E-state index in [2.05, 4.69) is 62.5 Å². The summed E-state index contributed by atoms with van der Waals surface area (Å²) in [5.41, 5.74) is 2.70. The monoisotopic (exact) mass is 200 g/mol. The van der Waals surface area contributed by atoms with Gasteiger partial charge in [0, 0.05) is 0 Å². The Balaban J connectivity index is 2.57. The first-order chi connectivity index (χ1) is 7.36. The van der Waals surface area contributed by atoms with Gasteiger partial charge in [0.15, 0.2) is 0 Å². The average Bonchev–Trinajstić information content (AvgIpc) is 2.29. The Kier molecular flexibility index (Phi) is 5.54. The highest BCUT2D eigenvalue weighted by Crippen LogP contribution is 2.11. The van der Waals surface area contributed by atoms with Crippen LogP contribution >= 0.6 is 0 Å². The zero-order chi connectivity index (χ0) is 10.9. The average molecular weight is 200 g/mol. The Bertz CT molecular complexity index is 322. The zero-order valence-corrected chi connectivity index (χ0v) is 9.74. The largest absolute Gasteiger partial charge is 0.0874 e. The topological polar surface area (TPSA) is 0 Å². The molecule has 0 fully saturated rings. The standard InChI is InChI=1S/C15H20/c1-3-9-14(4-2)12-8-13-15-10-6-5-7-11-15/h3,6,8-13H,4-5,7H2,1-2H3/b9-3-,13-8+,14-12-. The first-order valence-electron chi connectivity index (χ1n) is 5.73. The van der Waals surface area contributed by atoms with E-state index in [0.717, 1.165) is 6.42 Å². The molecule has 0 atom stereocenters. The van der Waals surface area contributed by atoms with Gasteiger partial charge in [-0.2, -0.15) is 0 Å². The summed E-state index contributed by atoms with van der Waals surface area (Å²) in [6, 6.07) is 0. The lowest BCUT2D eigenvalue weighted by Gasteiger charge is -2.00. The molecular formula is C15H20. The van der Waals surface area contributed by atoms with Crippen LogP contribution in [-0.4, -0.2) is 0 Å². The van der Waals surface area contributed by atoms with Crippen molar-refractivity contribution in [2.45, 2.75) is 33.1 Å². The third kappa shape index (κ3) is 4.64. The molecule has 0 heteroatoms. The lowest BCUT2D eigenvalue weighted by atomic mass is 10.1. The number of hydrogen-bond acceptors (Lipinski definition) is 0. The van der Waals surface area contributed by atoms with Crippen LogP contribution in [0.25, 0.3) is 0 Å². The third-order valence-electron chi connectivity index (χ3n) is 2.41. The molecule has 80 valence electrons. The predicted octanol–water partition coefficient (Wildman–Crippen LogP) is 4.73. The Hall–Kier alpha value is -1.30. The number of rotatable bonds is 4. The molecule has 0 saturated carbocycles. The minimum Gasteiger partial charge on any atom is -0.0874 e. The quantitative estimate of drug-likeness (QED) is 0.575. The molecule has 0 amide bonds. The molecule has 15 heavy (non-hydrogen) atoms. The maximum atomic E-state index is 2.28. The minimum absolute atomic E-state index is 1.09. The van der Waals surface area contributed by atoms with E-state index in [1.807, 2.05) is 0 Å². The van der Waals surface area contributed by atoms with Gasteiger partial charge in [-0.15, -0.1) is 0 Å². The Morgan fingerprint density at radius 2 is 2.27 bits per heavy atom. The van der Waals surface area contributed by atoms with E-state index in [1.54, 1.807) is 0 Å². The fourth-order valence-corrected chi connectivity index (χ4v) is 1.55. The Morgan fingerprint density at radius 3 is 2.87 bits per heavy atom. The molecule has 0 N–H and O–H groups in total. The van der Waals surface area contributed by atoms with Crippen molar-refractivity contribution in [3.8, 4) is 0 Å². The summed E-state index contributed by atoms with van der Waals surface area (Å²) in [7, 11) is 0. The summed E-state index contributed by atoms with van der Waals surface area (Å²) in [6.45, 7) is 4.24. The SMILES string of the molecule is C\C=C/C(=C\C=C\C1=CCCC=C1)CC. The summed E-state index contributed by atoms with van der Waals surface area (Å²) in [4.78, 5) is 0. The minimum atomic E-state index is 1.09. The molecule has 0 spiro atoms. The first kappa shape index (κ1) is 11.8. The summed E-state index contributed by atoms with van der Waals surface area (Å²) in [6.07, 6.45) is 20.9. The second-order valence-corrected chi connectivity index (χ2v) is 3.64. The van der Waals surface area contributed by atoms with Gasteiger partial charge < -0.3 is 0 Å². The highest BCUT2D eigenvalue weighted by atomic mass is 14.0. The molecule has 0 heterocycles. The van der Waals surface area contributed by atoms with Gasteiger partial charge in [-0.1, -0.05) is 55.5 Å². The molecule has 0 saturated heterocycles. The van der Waals surface area contributed by atoms with Crippen LogP contribution in [0.15, 0.2) is 59.8 Å². The molecule has 0 aromatic carbocycles. The van der Waals surface area contributed by atoms with Crippen LogP contribution in [0.1, 0.15) is 33.1 Å². The fraction of sp³-hybridized carbons (Fsp3) is 0.333. The van der Waals surface area contributed by atoms with E-state index in [-0.39, 0.29) is 0 Å². The second kappa shape index (κ2) is 7.05. The zero-order valence-electron chi connectivity index (χ0n) is 9.74. The fourth-order valence-electron chi connectivity index (χ4n) is 1.55. The summed E-state index contributed by atoms with van der Waals surface area (Å²) in [5.74, 6) is 0. The van der Waals surface area contributed by atoms with Crippen LogP contribution in [0.5, 0.6) is 0 Å².